The molecule has 2 heteroatoms. The first kappa shape index (κ1) is 8.92. The Labute approximate surface area is 57.1 Å². The third-order valence-electron chi connectivity index (χ3n) is 2.08. The van der Waals surface area contributed by atoms with E-state index in [4.69, 9.17) is 10.8 Å². The van der Waals surface area contributed by atoms with Gasteiger partial charge in [-0.25, -0.2) is 0 Å². The van der Waals surface area contributed by atoms with Crippen molar-refractivity contribution in [3.8, 4) is 0 Å². The van der Waals surface area contributed by atoms with Crippen molar-refractivity contribution in [1.29, 1.82) is 0 Å². The lowest BCUT2D eigenvalue weighted by atomic mass is 9.92. The Bertz CT molecular complexity index is 73.3. The zero-order valence-electron chi connectivity index (χ0n) is 6.46. The highest BCUT2D eigenvalue weighted by Gasteiger charge is 2.14. The average molecular weight is 131 g/mol. The SMILES string of the molecule is CCC(C)C(C)C(N)O. The minimum Gasteiger partial charge on any atom is -0.379 e. The quantitative estimate of drug-likeness (QED) is 0.560. The Kier molecular flexibility index (Phi) is 3.82. The predicted molar refractivity (Wildman–Crippen MR) is 38.8 cm³/mol. The van der Waals surface area contributed by atoms with Gasteiger partial charge in [0.25, 0.3) is 0 Å². The standard InChI is InChI=1S/C7H17NO/c1-4-5(2)6(3)7(8)9/h5-7,9H,4,8H2,1-3H3. The van der Waals surface area contributed by atoms with Crippen LogP contribution in [0, 0.1) is 11.8 Å². The summed E-state index contributed by atoms with van der Waals surface area (Å²) in [6.07, 6.45) is 0.426. The smallest absolute Gasteiger partial charge is 0.105 e. The number of hydrogen-bond donors (Lipinski definition) is 2. The van der Waals surface area contributed by atoms with Crippen LogP contribution in [-0.2, 0) is 0 Å². The van der Waals surface area contributed by atoms with Crippen molar-refractivity contribution in [2.24, 2.45) is 17.6 Å². The lowest BCUT2D eigenvalue weighted by Crippen LogP contribution is -2.31. The second-order valence-electron chi connectivity index (χ2n) is 2.74. The van der Waals surface area contributed by atoms with Gasteiger partial charge in [-0.1, -0.05) is 27.2 Å². The maximum absolute atomic E-state index is 8.90. The first-order valence-electron chi connectivity index (χ1n) is 3.53. The van der Waals surface area contributed by atoms with E-state index in [1.165, 1.54) is 0 Å². The van der Waals surface area contributed by atoms with Gasteiger partial charge in [-0.3, -0.25) is 0 Å². The van der Waals surface area contributed by atoms with Gasteiger partial charge >= 0.3 is 0 Å². The highest BCUT2D eigenvalue weighted by Crippen LogP contribution is 2.15. The van der Waals surface area contributed by atoms with Crippen LogP contribution in [0.4, 0.5) is 0 Å². The van der Waals surface area contributed by atoms with E-state index in [9.17, 15) is 0 Å². The number of aliphatic hydroxyl groups is 1. The third-order valence-corrected chi connectivity index (χ3v) is 2.08. The molecule has 56 valence electrons. The van der Waals surface area contributed by atoms with Gasteiger partial charge in [0, 0.05) is 0 Å². The Hall–Kier alpha value is -0.0800. The van der Waals surface area contributed by atoms with Crippen LogP contribution in [0.5, 0.6) is 0 Å². The molecular weight excluding hydrogens is 114 g/mol. The van der Waals surface area contributed by atoms with Crippen molar-refractivity contribution in [2.45, 2.75) is 33.4 Å². The molecule has 9 heavy (non-hydrogen) atoms. The predicted octanol–water partition coefficient (Wildman–Crippen LogP) is 0.946. The van der Waals surface area contributed by atoms with Crippen LogP contribution in [0.25, 0.3) is 0 Å². The molecule has 0 aliphatic carbocycles. The van der Waals surface area contributed by atoms with Crippen LogP contribution < -0.4 is 5.73 Å². The van der Waals surface area contributed by atoms with Crippen LogP contribution in [0.2, 0.25) is 0 Å². The Morgan fingerprint density at radius 1 is 1.44 bits per heavy atom. The molecule has 0 saturated heterocycles. The molecule has 0 aliphatic heterocycles. The molecule has 0 saturated carbocycles. The molecule has 0 fully saturated rings. The lowest BCUT2D eigenvalue weighted by Gasteiger charge is -2.20. The van der Waals surface area contributed by atoms with Crippen LogP contribution in [-0.4, -0.2) is 11.3 Å². The molecule has 0 amide bonds. The van der Waals surface area contributed by atoms with Gasteiger partial charge in [0.15, 0.2) is 0 Å². The molecule has 0 aromatic rings. The van der Waals surface area contributed by atoms with Crippen LogP contribution >= 0.6 is 0 Å². The number of aliphatic hydroxyl groups excluding tert-OH is 1. The largest absolute Gasteiger partial charge is 0.379 e. The third kappa shape index (κ3) is 2.82. The maximum atomic E-state index is 8.90. The minimum absolute atomic E-state index is 0.218. The molecule has 0 heterocycles. The highest BCUT2D eigenvalue weighted by molar-refractivity contribution is 4.63. The van der Waals surface area contributed by atoms with E-state index in [0.717, 1.165) is 6.42 Å². The average Bonchev–Trinajstić information content (AvgIpc) is 1.84. The van der Waals surface area contributed by atoms with Crippen molar-refractivity contribution < 1.29 is 5.11 Å². The fraction of sp³-hybridized carbons (Fsp3) is 1.00. The number of hydrogen-bond acceptors (Lipinski definition) is 2. The van der Waals surface area contributed by atoms with Crippen molar-refractivity contribution in [3.63, 3.8) is 0 Å². The van der Waals surface area contributed by atoms with Crippen molar-refractivity contribution in [3.05, 3.63) is 0 Å². The molecule has 0 aliphatic rings. The molecule has 0 aromatic heterocycles. The van der Waals surface area contributed by atoms with Crippen molar-refractivity contribution >= 4 is 0 Å². The van der Waals surface area contributed by atoms with Crippen LogP contribution in [0.1, 0.15) is 27.2 Å². The Morgan fingerprint density at radius 2 is 1.89 bits per heavy atom. The summed E-state index contributed by atoms with van der Waals surface area (Å²) in [6, 6.07) is 0. The second-order valence-corrected chi connectivity index (χ2v) is 2.74. The minimum atomic E-state index is -0.653. The molecular formula is C7H17NO. The first-order valence-corrected chi connectivity index (χ1v) is 3.53. The monoisotopic (exact) mass is 131 g/mol. The molecule has 0 aromatic carbocycles. The second kappa shape index (κ2) is 3.85. The highest BCUT2D eigenvalue weighted by atomic mass is 16.3. The molecule has 0 rings (SSSR count). The Balaban J connectivity index is 3.58. The number of nitrogens with two attached hydrogens (primary N) is 1. The molecule has 0 radical (unpaired) electrons. The van der Waals surface area contributed by atoms with Crippen LogP contribution in [0.15, 0.2) is 0 Å². The van der Waals surface area contributed by atoms with E-state index in [2.05, 4.69) is 13.8 Å². The summed E-state index contributed by atoms with van der Waals surface area (Å²) in [7, 11) is 0. The van der Waals surface area contributed by atoms with Crippen molar-refractivity contribution in [1.82, 2.24) is 0 Å². The first-order chi connectivity index (χ1) is 4.09. The van der Waals surface area contributed by atoms with Crippen molar-refractivity contribution in [2.75, 3.05) is 0 Å². The van der Waals surface area contributed by atoms with E-state index in [1.807, 2.05) is 6.92 Å². The molecule has 3 atom stereocenters. The molecule has 3 unspecified atom stereocenters. The van der Waals surface area contributed by atoms with E-state index in [1.54, 1.807) is 0 Å². The van der Waals surface area contributed by atoms with Gasteiger partial charge in [0.05, 0.1) is 0 Å². The summed E-state index contributed by atoms with van der Waals surface area (Å²) >= 11 is 0. The van der Waals surface area contributed by atoms with E-state index in [-0.39, 0.29) is 5.92 Å². The molecule has 0 spiro atoms. The lowest BCUT2D eigenvalue weighted by molar-refractivity contribution is 0.0919. The van der Waals surface area contributed by atoms with Gasteiger partial charge in [-0.2, -0.15) is 0 Å². The summed E-state index contributed by atoms with van der Waals surface area (Å²) in [5.41, 5.74) is 5.27. The fourth-order valence-corrected chi connectivity index (χ4v) is 0.708. The molecule has 3 N–H and O–H groups in total. The zero-order valence-corrected chi connectivity index (χ0v) is 6.46. The van der Waals surface area contributed by atoms with Gasteiger partial charge < -0.3 is 10.8 Å². The number of rotatable bonds is 3. The Morgan fingerprint density at radius 3 is 2.00 bits per heavy atom. The topological polar surface area (TPSA) is 46.2 Å². The summed E-state index contributed by atoms with van der Waals surface area (Å²) in [5, 5.41) is 8.90. The van der Waals surface area contributed by atoms with Gasteiger partial charge in [0.1, 0.15) is 6.23 Å². The van der Waals surface area contributed by atoms with Gasteiger partial charge in [-0.05, 0) is 11.8 Å². The molecule has 0 bridgehead atoms. The maximum Gasteiger partial charge on any atom is 0.105 e. The zero-order chi connectivity index (χ0) is 7.44. The summed E-state index contributed by atoms with van der Waals surface area (Å²) in [6.45, 7) is 6.17. The summed E-state index contributed by atoms with van der Waals surface area (Å²) < 4.78 is 0. The fourth-order valence-electron chi connectivity index (χ4n) is 0.708. The van der Waals surface area contributed by atoms with Gasteiger partial charge in [-0.15, -0.1) is 0 Å². The normalized spacial score (nSPS) is 21.0. The summed E-state index contributed by atoms with van der Waals surface area (Å²) in [4.78, 5) is 0. The van der Waals surface area contributed by atoms with Gasteiger partial charge in [0.2, 0.25) is 0 Å². The molecule has 2 nitrogen and oxygen atoms in total. The van der Waals surface area contributed by atoms with E-state index >= 15 is 0 Å². The summed E-state index contributed by atoms with van der Waals surface area (Å²) in [5.74, 6) is 0.736. The van der Waals surface area contributed by atoms with E-state index < -0.39 is 6.23 Å². The van der Waals surface area contributed by atoms with Crippen LogP contribution in [0.3, 0.4) is 0 Å². The van der Waals surface area contributed by atoms with E-state index in [0.29, 0.717) is 5.92 Å².